The lowest BCUT2D eigenvalue weighted by Crippen LogP contribution is -2.56. The molecule has 0 spiro atoms. The van der Waals surface area contributed by atoms with Crippen LogP contribution < -0.4 is 10.1 Å². The maximum atomic E-state index is 14.3. The Morgan fingerprint density at radius 1 is 1.41 bits per heavy atom. The molecule has 9 heteroatoms. The predicted molar refractivity (Wildman–Crippen MR) is 105 cm³/mol. The number of fused-ring (bicyclic) bond motifs is 1. The molecular weight excluding hydrogens is 403 g/mol. The van der Waals surface area contributed by atoms with Crippen LogP contribution in [0.4, 0.5) is 13.2 Å². The van der Waals surface area contributed by atoms with E-state index in [1.165, 1.54) is 6.07 Å². The quantitative estimate of drug-likeness (QED) is 0.715. The SMILES string of the molecule is CC1(NC(=O)C2CCc3c(-c4cc(OC(F)F)ccc4F)n[nH]c3C2)CC(=S)C1. The average molecular weight is 423 g/mol. The number of carbonyl (C=O) groups is 1. The third-order valence-corrected chi connectivity index (χ3v) is 5.82. The molecule has 1 aromatic heterocycles. The summed E-state index contributed by atoms with van der Waals surface area (Å²) in [7, 11) is 0. The number of nitrogens with one attached hydrogen (secondary N) is 2. The number of halogens is 3. The van der Waals surface area contributed by atoms with Gasteiger partial charge in [-0.15, -0.1) is 0 Å². The molecule has 1 saturated carbocycles. The van der Waals surface area contributed by atoms with E-state index in [4.69, 9.17) is 12.2 Å². The van der Waals surface area contributed by atoms with Gasteiger partial charge in [0.25, 0.3) is 0 Å². The van der Waals surface area contributed by atoms with Crippen LogP contribution >= 0.6 is 12.2 Å². The number of ether oxygens (including phenoxy) is 1. The highest BCUT2D eigenvalue weighted by atomic mass is 32.1. The number of aromatic nitrogens is 2. The van der Waals surface area contributed by atoms with Crippen LogP contribution in [0.2, 0.25) is 0 Å². The minimum atomic E-state index is -2.99. The second-order valence-corrected chi connectivity index (χ2v) is 8.51. The number of aromatic amines is 1. The molecule has 0 bridgehead atoms. The summed E-state index contributed by atoms with van der Waals surface area (Å²) in [6, 6.07) is 3.45. The fraction of sp³-hybridized carbons (Fsp3) is 0.450. The molecule has 1 amide bonds. The highest BCUT2D eigenvalue weighted by Gasteiger charge is 2.39. The van der Waals surface area contributed by atoms with Crippen LogP contribution in [0.3, 0.4) is 0 Å². The summed E-state index contributed by atoms with van der Waals surface area (Å²) in [5.41, 5.74) is 1.77. The normalized spacial score (nSPS) is 20.2. The molecule has 1 unspecified atom stereocenters. The molecule has 2 aliphatic rings. The molecule has 154 valence electrons. The first-order chi connectivity index (χ1) is 13.7. The van der Waals surface area contributed by atoms with E-state index in [2.05, 4.69) is 20.3 Å². The van der Waals surface area contributed by atoms with Crippen molar-refractivity contribution >= 4 is 23.0 Å². The largest absolute Gasteiger partial charge is 0.435 e. The number of hydrogen-bond donors (Lipinski definition) is 2. The lowest BCUT2D eigenvalue weighted by Gasteiger charge is -2.41. The van der Waals surface area contributed by atoms with Gasteiger partial charge in [-0.2, -0.15) is 13.9 Å². The summed E-state index contributed by atoms with van der Waals surface area (Å²) < 4.78 is 43.7. The summed E-state index contributed by atoms with van der Waals surface area (Å²) in [5, 5.41) is 10.2. The Labute approximate surface area is 171 Å². The molecule has 1 aromatic carbocycles. The first kappa shape index (κ1) is 19.9. The first-order valence-electron chi connectivity index (χ1n) is 9.39. The lowest BCUT2D eigenvalue weighted by molar-refractivity contribution is -0.127. The molecule has 4 rings (SSSR count). The van der Waals surface area contributed by atoms with E-state index in [1.54, 1.807) is 0 Å². The standard InChI is InChI=1S/C20H20F3N3O2S/c1-20(8-12(29)9-20)24-18(27)10-2-4-13-16(6-10)25-26-17(13)14-7-11(28-19(22)23)3-5-15(14)21/h3,5,7,10,19H,2,4,6,8-9H2,1H3,(H,24,27)(H,25,26). The Hall–Kier alpha value is -2.42. The molecule has 1 fully saturated rings. The molecule has 2 aromatic rings. The fourth-order valence-corrected chi connectivity index (χ4v) is 4.76. The van der Waals surface area contributed by atoms with Gasteiger partial charge in [-0.1, -0.05) is 12.2 Å². The van der Waals surface area contributed by atoms with Crippen LogP contribution in [0.15, 0.2) is 18.2 Å². The Kier molecular flexibility index (Phi) is 5.10. The second-order valence-electron chi connectivity index (χ2n) is 7.93. The Morgan fingerprint density at radius 3 is 2.86 bits per heavy atom. The predicted octanol–water partition coefficient (Wildman–Crippen LogP) is 3.96. The minimum Gasteiger partial charge on any atom is -0.435 e. The third-order valence-electron chi connectivity index (χ3n) is 5.53. The number of alkyl halides is 2. The first-order valence-corrected chi connectivity index (χ1v) is 9.79. The maximum absolute atomic E-state index is 14.3. The van der Waals surface area contributed by atoms with E-state index in [9.17, 15) is 18.0 Å². The average Bonchev–Trinajstić information content (AvgIpc) is 3.04. The van der Waals surface area contributed by atoms with E-state index in [0.717, 1.165) is 41.1 Å². The van der Waals surface area contributed by atoms with Crippen molar-refractivity contribution in [1.29, 1.82) is 0 Å². The van der Waals surface area contributed by atoms with Crippen molar-refractivity contribution in [2.24, 2.45) is 5.92 Å². The van der Waals surface area contributed by atoms with E-state index >= 15 is 0 Å². The van der Waals surface area contributed by atoms with Crippen molar-refractivity contribution in [3.8, 4) is 17.0 Å². The molecule has 1 heterocycles. The van der Waals surface area contributed by atoms with Gasteiger partial charge < -0.3 is 10.1 Å². The molecule has 5 nitrogen and oxygen atoms in total. The van der Waals surface area contributed by atoms with Crippen LogP contribution in [0.25, 0.3) is 11.3 Å². The Morgan fingerprint density at radius 2 is 2.17 bits per heavy atom. The third kappa shape index (κ3) is 4.01. The number of hydrogen-bond acceptors (Lipinski definition) is 4. The van der Waals surface area contributed by atoms with Gasteiger partial charge in [0.2, 0.25) is 5.91 Å². The molecule has 2 aliphatic carbocycles. The van der Waals surface area contributed by atoms with Crippen LogP contribution in [-0.2, 0) is 17.6 Å². The number of amides is 1. The van der Waals surface area contributed by atoms with Crippen molar-refractivity contribution in [2.75, 3.05) is 0 Å². The van der Waals surface area contributed by atoms with Gasteiger partial charge in [-0.25, -0.2) is 4.39 Å². The van der Waals surface area contributed by atoms with Crippen molar-refractivity contribution in [3.05, 3.63) is 35.3 Å². The van der Waals surface area contributed by atoms with Gasteiger partial charge in [0.1, 0.15) is 11.6 Å². The number of rotatable bonds is 5. The molecule has 1 atom stereocenters. The van der Waals surface area contributed by atoms with Crippen molar-refractivity contribution in [2.45, 2.75) is 51.2 Å². The van der Waals surface area contributed by atoms with E-state index < -0.39 is 12.4 Å². The zero-order valence-corrected chi connectivity index (χ0v) is 16.5. The monoisotopic (exact) mass is 423 g/mol. The van der Waals surface area contributed by atoms with Crippen LogP contribution in [0, 0.1) is 11.7 Å². The maximum Gasteiger partial charge on any atom is 0.387 e. The van der Waals surface area contributed by atoms with Crippen molar-refractivity contribution in [1.82, 2.24) is 15.5 Å². The summed E-state index contributed by atoms with van der Waals surface area (Å²) in [6.07, 6.45) is 3.03. The van der Waals surface area contributed by atoms with Crippen LogP contribution in [0.5, 0.6) is 5.75 Å². The number of thiocarbonyl (C=S) groups is 1. The number of benzene rings is 1. The van der Waals surface area contributed by atoms with Gasteiger partial charge in [0, 0.05) is 47.5 Å². The molecule has 0 saturated heterocycles. The second kappa shape index (κ2) is 7.44. The van der Waals surface area contributed by atoms with Crippen LogP contribution in [-0.4, -0.2) is 33.1 Å². The van der Waals surface area contributed by atoms with Crippen molar-refractivity contribution < 1.29 is 22.7 Å². The van der Waals surface area contributed by atoms with Gasteiger partial charge in [0.15, 0.2) is 0 Å². The van der Waals surface area contributed by atoms with E-state index in [-0.39, 0.29) is 28.7 Å². The van der Waals surface area contributed by atoms with Gasteiger partial charge in [0.05, 0.1) is 5.69 Å². The Bertz CT molecular complexity index is 968. The molecule has 0 radical (unpaired) electrons. The van der Waals surface area contributed by atoms with Crippen LogP contribution in [0.1, 0.15) is 37.4 Å². The zero-order valence-electron chi connectivity index (χ0n) is 15.7. The summed E-state index contributed by atoms with van der Waals surface area (Å²) in [4.78, 5) is 13.6. The van der Waals surface area contributed by atoms with Gasteiger partial charge >= 0.3 is 6.61 Å². The molecule has 0 aliphatic heterocycles. The summed E-state index contributed by atoms with van der Waals surface area (Å²) in [6.45, 7) is -1.01. The molecule has 2 N–H and O–H groups in total. The fourth-order valence-electron chi connectivity index (χ4n) is 4.12. The van der Waals surface area contributed by atoms with Crippen molar-refractivity contribution in [3.63, 3.8) is 0 Å². The molecular formula is C20H20F3N3O2S. The summed E-state index contributed by atoms with van der Waals surface area (Å²) >= 11 is 5.14. The smallest absolute Gasteiger partial charge is 0.387 e. The number of nitrogens with zero attached hydrogens (tertiary/aromatic N) is 1. The Balaban J connectivity index is 1.52. The highest BCUT2D eigenvalue weighted by Crippen LogP contribution is 2.36. The lowest BCUT2D eigenvalue weighted by atomic mass is 9.77. The van der Waals surface area contributed by atoms with E-state index in [1.807, 2.05) is 6.92 Å². The van der Waals surface area contributed by atoms with Gasteiger partial charge in [-0.3, -0.25) is 9.89 Å². The van der Waals surface area contributed by atoms with Gasteiger partial charge in [-0.05, 0) is 42.8 Å². The number of H-pyrrole nitrogens is 1. The minimum absolute atomic E-state index is 0.0182. The topological polar surface area (TPSA) is 67.0 Å². The number of carbonyl (C=O) groups excluding carboxylic acids is 1. The highest BCUT2D eigenvalue weighted by molar-refractivity contribution is 7.80. The summed E-state index contributed by atoms with van der Waals surface area (Å²) in [5.74, 6) is -0.932. The van der Waals surface area contributed by atoms with E-state index in [0.29, 0.717) is 25.0 Å². The molecule has 29 heavy (non-hydrogen) atoms. The zero-order chi connectivity index (χ0) is 20.8.